The molecule has 3 N–H and O–H groups in total. The van der Waals surface area contributed by atoms with Crippen molar-refractivity contribution in [3.8, 4) is 17.2 Å². The Morgan fingerprint density at radius 1 is 1.20 bits per heavy atom. The summed E-state index contributed by atoms with van der Waals surface area (Å²) < 4.78 is 16.0. The third-order valence-electron chi connectivity index (χ3n) is 3.19. The number of pyridine rings is 1. The second-order valence-corrected chi connectivity index (χ2v) is 4.85. The van der Waals surface area contributed by atoms with Crippen molar-refractivity contribution in [2.24, 2.45) is 10.7 Å². The molecule has 0 spiro atoms. The van der Waals surface area contributed by atoms with Gasteiger partial charge in [0.05, 0.1) is 33.5 Å². The number of nitrogens with one attached hydrogen (secondary N) is 1. The molecule has 2 rings (SSSR count). The average Bonchev–Trinajstić information content (AvgIpc) is 2.64. The lowest BCUT2D eigenvalue weighted by molar-refractivity contribution is 0.321. The van der Waals surface area contributed by atoms with Gasteiger partial charge in [0.15, 0.2) is 17.5 Å². The van der Waals surface area contributed by atoms with Gasteiger partial charge in [-0.05, 0) is 29.8 Å². The summed E-state index contributed by atoms with van der Waals surface area (Å²) in [4.78, 5) is 8.26. The van der Waals surface area contributed by atoms with Crippen LogP contribution in [0, 0.1) is 0 Å². The molecular weight excluding hydrogens is 435 g/mol. The van der Waals surface area contributed by atoms with Crippen LogP contribution in [-0.4, -0.2) is 38.3 Å². The quantitative estimate of drug-likeness (QED) is 0.273. The Kier molecular flexibility index (Phi) is 9.45. The van der Waals surface area contributed by atoms with Gasteiger partial charge in [-0.25, -0.2) is 4.99 Å². The van der Waals surface area contributed by atoms with E-state index in [0.29, 0.717) is 37.2 Å². The summed E-state index contributed by atoms with van der Waals surface area (Å²) in [6, 6.07) is 9.31. The number of rotatable bonds is 8. The van der Waals surface area contributed by atoms with E-state index in [1.54, 1.807) is 26.6 Å². The van der Waals surface area contributed by atoms with Gasteiger partial charge in [-0.1, -0.05) is 6.07 Å². The predicted octanol–water partition coefficient (Wildman–Crippen LogP) is 2.20. The van der Waals surface area contributed by atoms with E-state index >= 15 is 0 Å². The number of hydrogen-bond acceptors (Lipinski definition) is 5. The fourth-order valence-corrected chi connectivity index (χ4v) is 1.99. The maximum absolute atomic E-state index is 5.84. The van der Waals surface area contributed by atoms with Gasteiger partial charge in [-0.15, -0.1) is 24.0 Å². The van der Waals surface area contributed by atoms with Gasteiger partial charge in [0.2, 0.25) is 0 Å². The third kappa shape index (κ3) is 7.04. The number of ether oxygens (including phenoxy) is 3. The molecule has 0 aliphatic heterocycles. The van der Waals surface area contributed by atoms with Gasteiger partial charge >= 0.3 is 0 Å². The van der Waals surface area contributed by atoms with Crippen LogP contribution in [-0.2, 0) is 6.54 Å². The van der Waals surface area contributed by atoms with Crippen LogP contribution in [0.1, 0.15) is 5.56 Å². The van der Waals surface area contributed by atoms with E-state index in [4.69, 9.17) is 19.9 Å². The second-order valence-electron chi connectivity index (χ2n) is 4.85. The Hall–Kier alpha value is -2.23. The Balaban J connectivity index is 0.00000312. The summed E-state index contributed by atoms with van der Waals surface area (Å²) in [5.74, 6) is 2.44. The van der Waals surface area contributed by atoms with Gasteiger partial charge in [0.1, 0.15) is 12.4 Å². The number of benzene rings is 1. The molecule has 136 valence electrons. The van der Waals surface area contributed by atoms with E-state index in [2.05, 4.69) is 15.3 Å². The number of aliphatic imine (C=N–C) groups is 1. The van der Waals surface area contributed by atoms with Crippen LogP contribution in [0.25, 0.3) is 0 Å². The summed E-state index contributed by atoms with van der Waals surface area (Å²) in [6.07, 6.45) is 3.36. The summed E-state index contributed by atoms with van der Waals surface area (Å²) in [6.45, 7) is 1.47. The molecule has 2 aromatic rings. The van der Waals surface area contributed by atoms with Gasteiger partial charge in [0, 0.05) is 6.20 Å². The first kappa shape index (κ1) is 20.8. The first-order valence-corrected chi connectivity index (χ1v) is 7.50. The molecule has 0 unspecified atom stereocenters. The van der Waals surface area contributed by atoms with E-state index < -0.39 is 0 Å². The molecule has 0 amide bonds. The van der Waals surface area contributed by atoms with E-state index in [0.717, 1.165) is 11.3 Å². The minimum absolute atomic E-state index is 0. The first-order valence-electron chi connectivity index (χ1n) is 7.50. The largest absolute Gasteiger partial charge is 0.493 e. The standard InChI is InChI=1S/C17H22N4O3.HI/c1-22-15-6-5-13(10-16(15)23-2)11-21-17(18)20-8-9-24-14-4-3-7-19-12-14;/h3-7,10,12H,8-9,11H2,1-2H3,(H3,18,20,21);1H. The third-order valence-corrected chi connectivity index (χ3v) is 3.19. The van der Waals surface area contributed by atoms with Crippen molar-refractivity contribution < 1.29 is 14.2 Å². The maximum atomic E-state index is 5.84. The van der Waals surface area contributed by atoms with Crippen molar-refractivity contribution in [1.29, 1.82) is 0 Å². The monoisotopic (exact) mass is 458 g/mol. The molecule has 0 bridgehead atoms. The zero-order valence-corrected chi connectivity index (χ0v) is 16.6. The van der Waals surface area contributed by atoms with E-state index in [9.17, 15) is 0 Å². The Bertz CT molecular complexity index is 668. The van der Waals surface area contributed by atoms with Crippen LogP contribution in [0.4, 0.5) is 0 Å². The highest BCUT2D eigenvalue weighted by Gasteiger charge is 2.04. The molecule has 7 nitrogen and oxygen atoms in total. The number of aromatic nitrogens is 1. The highest BCUT2D eigenvalue weighted by molar-refractivity contribution is 14.0. The van der Waals surface area contributed by atoms with Crippen molar-refractivity contribution in [3.05, 3.63) is 48.3 Å². The van der Waals surface area contributed by atoms with Crippen LogP contribution < -0.4 is 25.3 Å². The second kappa shape index (κ2) is 11.3. The zero-order valence-electron chi connectivity index (χ0n) is 14.3. The minimum Gasteiger partial charge on any atom is -0.493 e. The fourth-order valence-electron chi connectivity index (χ4n) is 1.99. The molecular formula is C17H23IN4O3. The van der Waals surface area contributed by atoms with Crippen LogP contribution in [0.15, 0.2) is 47.7 Å². The summed E-state index contributed by atoms with van der Waals surface area (Å²) >= 11 is 0. The molecule has 0 aliphatic rings. The van der Waals surface area contributed by atoms with E-state index in [1.807, 2.05) is 30.3 Å². The molecule has 0 fully saturated rings. The average molecular weight is 458 g/mol. The Labute approximate surface area is 164 Å². The summed E-state index contributed by atoms with van der Waals surface area (Å²) in [5.41, 5.74) is 6.82. The van der Waals surface area contributed by atoms with Crippen molar-refractivity contribution in [2.75, 3.05) is 27.4 Å². The van der Waals surface area contributed by atoms with Crippen LogP contribution in [0.2, 0.25) is 0 Å². The van der Waals surface area contributed by atoms with Crippen LogP contribution in [0.5, 0.6) is 17.2 Å². The highest BCUT2D eigenvalue weighted by Crippen LogP contribution is 2.27. The molecule has 1 heterocycles. The van der Waals surface area contributed by atoms with Crippen molar-refractivity contribution in [3.63, 3.8) is 0 Å². The number of methoxy groups -OCH3 is 2. The molecule has 0 saturated carbocycles. The molecule has 0 saturated heterocycles. The van der Waals surface area contributed by atoms with E-state index in [1.165, 1.54) is 0 Å². The van der Waals surface area contributed by atoms with E-state index in [-0.39, 0.29) is 24.0 Å². The minimum atomic E-state index is 0. The maximum Gasteiger partial charge on any atom is 0.189 e. The molecule has 0 radical (unpaired) electrons. The molecule has 0 aliphatic carbocycles. The normalized spacial score (nSPS) is 10.6. The van der Waals surface area contributed by atoms with Crippen LogP contribution in [0.3, 0.4) is 0 Å². The number of nitrogens with two attached hydrogens (primary N) is 1. The topological polar surface area (TPSA) is 91.0 Å². The lowest BCUT2D eigenvalue weighted by Crippen LogP contribution is -2.34. The lowest BCUT2D eigenvalue weighted by atomic mass is 10.2. The number of halogens is 1. The van der Waals surface area contributed by atoms with Gasteiger partial charge in [0.25, 0.3) is 0 Å². The van der Waals surface area contributed by atoms with Crippen molar-refractivity contribution >= 4 is 29.9 Å². The molecule has 8 heteroatoms. The Morgan fingerprint density at radius 3 is 2.68 bits per heavy atom. The highest BCUT2D eigenvalue weighted by atomic mass is 127. The van der Waals surface area contributed by atoms with Crippen molar-refractivity contribution in [1.82, 2.24) is 10.3 Å². The van der Waals surface area contributed by atoms with Gasteiger partial charge in [-0.2, -0.15) is 0 Å². The lowest BCUT2D eigenvalue weighted by Gasteiger charge is -2.09. The number of nitrogens with zero attached hydrogens (tertiary/aromatic N) is 2. The van der Waals surface area contributed by atoms with Crippen molar-refractivity contribution in [2.45, 2.75) is 6.54 Å². The molecule has 1 aromatic carbocycles. The summed E-state index contributed by atoms with van der Waals surface area (Å²) in [5, 5.41) is 3.00. The van der Waals surface area contributed by atoms with Gasteiger partial charge < -0.3 is 25.3 Å². The molecule has 1 aromatic heterocycles. The Morgan fingerprint density at radius 2 is 2.00 bits per heavy atom. The zero-order chi connectivity index (χ0) is 17.2. The van der Waals surface area contributed by atoms with Crippen LogP contribution >= 0.6 is 24.0 Å². The fraction of sp³-hybridized carbons (Fsp3) is 0.294. The number of hydrogen-bond donors (Lipinski definition) is 2. The summed E-state index contributed by atoms with van der Waals surface area (Å²) in [7, 11) is 3.20. The first-order chi connectivity index (χ1) is 11.7. The SMILES string of the molecule is COc1ccc(CN=C(N)NCCOc2cccnc2)cc1OC.I. The molecule has 25 heavy (non-hydrogen) atoms. The smallest absolute Gasteiger partial charge is 0.189 e. The predicted molar refractivity (Wildman–Crippen MR) is 108 cm³/mol. The number of guanidine groups is 1. The molecule has 0 atom stereocenters. The van der Waals surface area contributed by atoms with Gasteiger partial charge in [-0.3, -0.25) is 4.98 Å².